The van der Waals surface area contributed by atoms with Crippen LogP contribution in [-0.2, 0) is 11.2 Å². The van der Waals surface area contributed by atoms with Gasteiger partial charge in [0.1, 0.15) is 5.54 Å². The number of benzene rings is 1. The standard InChI is InChI=1S/C21H31N3O2/c1-23(16-10-13-18-11-6-5-7-12-18)17-24-19(25)21(22-20(24)26)14-8-3-2-4-9-15-21/h5-7,11-12H,2-4,8-10,13-17H2,1H3,(H,22,26). The number of imide groups is 1. The van der Waals surface area contributed by atoms with Crippen LogP contribution in [0.1, 0.15) is 56.9 Å². The van der Waals surface area contributed by atoms with E-state index in [-0.39, 0.29) is 11.9 Å². The van der Waals surface area contributed by atoms with Crippen molar-refractivity contribution in [2.24, 2.45) is 0 Å². The molecule has 5 heteroatoms. The summed E-state index contributed by atoms with van der Waals surface area (Å²) in [6.07, 6.45) is 9.18. The first-order valence-corrected chi connectivity index (χ1v) is 9.97. The maximum atomic E-state index is 13.0. The third kappa shape index (κ3) is 4.44. The molecule has 0 unspecified atom stereocenters. The van der Waals surface area contributed by atoms with E-state index in [9.17, 15) is 9.59 Å². The van der Waals surface area contributed by atoms with Gasteiger partial charge in [0.15, 0.2) is 0 Å². The van der Waals surface area contributed by atoms with Crippen molar-refractivity contribution in [1.29, 1.82) is 0 Å². The van der Waals surface area contributed by atoms with Gasteiger partial charge in [0.25, 0.3) is 5.91 Å². The predicted molar refractivity (Wildman–Crippen MR) is 103 cm³/mol. The summed E-state index contributed by atoms with van der Waals surface area (Å²) in [5.41, 5.74) is 0.687. The van der Waals surface area contributed by atoms with Gasteiger partial charge in [-0.25, -0.2) is 9.69 Å². The maximum absolute atomic E-state index is 13.0. The Bertz CT molecular complexity index is 609. The van der Waals surface area contributed by atoms with E-state index in [1.807, 2.05) is 13.1 Å². The molecule has 1 aromatic carbocycles. The topological polar surface area (TPSA) is 52.6 Å². The molecule has 1 saturated carbocycles. The lowest BCUT2D eigenvalue weighted by Crippen LogP contribution is -2.48. The molecule has 1 aliphatic carbocycles. The Balaban J connectivity index is 1.52. The van der Waals surface area contributed by atoms with E-state index < -0.39 is 5.54 Å². The highest BCUT2D eigenvalue weighted by Gasteiger charge is 2.50. The summed E-state index contributed by atoms with van der Waals surface area (Å²) in [6, 6.07) is 10.2. The van der Waals surface area contributed by atoms with Gasteiger partial charge < -0.3 is 5.32 Å². The minimum Gasteiger partial charge on any atom is -0.323 e. The second kappa shape index (κ2) is 8.67. The van der Waals surface area contributed by atoms with Crippen LogP contribution in [0, 0.1) is 0 Å². The van der Waals surface area contributed by atoms with Crippen LogP contribution in [0.25, 0.3) is 0 Å². The van der Waals surface area contributed by atoms with Gasteiger partial charge in [-0.1, -0.05) is 62.4 Å². The van der Waals surface area contributed by atoms with Gasteiger partial charge in [0.05, 0.1) is 6.67 Å². The molecule has 3 rings (SSSR count). The third-order valence-corrected chi connectivity index (χ3v) is 5.68. The lowest BCUT2D eigenvalue weighted by atomic mass is 9.84. The first-order valence-electron chi connectivity index (χ1n) is 9.97. The minimum absolute atomic E-state index is 0.0145. The Hall–Kier alpha value is -1.88. The summed E-state index contributed by atoms with van der Waals surface area (Å²) in [4.78, 5) is 29.0. The Labute approximate surface area is 156 Å². The molecule has 2 fully saturated rings. The van der Waals surface area contributed by atoms with E-state index >= 15 is 0 Å². The summed E-state index contributed by atoms with van der Waals surface area (Å²) < 4.78 is 0. The number of carbonyl (C=O) groups is 2. The first kappa shape index (κ1) is 18.9. The molecule has 1 aromatic rings. The second-order valence-corrected chi connectivity index (χ2v) is 7.82. The zero-order chi connectivity index (χ0) is 18.4. The zero-order valence-corrected chi connectivity index (χ0v) is 15.9. The molecule has 2 aliphatic rings. The quantitative estimate of drug-likeness (QED) is 0.792. The molecule has 0 radical (unpaired) electrons. The molecule has 26 heavy (non-hydrogen) atoms. The molecule has 1 spiro atoms. The van der Waals surface area contributed by atoms with Crippen LogP contribution < -0.4 is 5.32 Å². The monoisotopic (exact) mass is 357 g/mol. The SMILES string of the molecule is CN(CCCc1ccccc1)CN1C(=O)NC2(CCCCCCC2)C1=O. The molecular formula is C21H31N3O2. The molecule has 1 heterocycles. The summed E-state index contributed by atoms with van der Waals surface area (Å²) in [5.74, 6) is -0.0145. The number of hydrogen-bond acceptors (Lipinski definition) is 3. The van der Waals surface area contributed by atoms with Gasteiger partial charge in [-0.05, 0) is 44.8 Å². The van der Waals surface area contributed by atoms with Crippen LogP contribution in [0.15, 0.2) is 30.3 Å². The van der Waals surface area contributed by atoms with Crippen LogP contribution >= 0.6 is 0 Å². The number of rotatable bonds is 6. The van der Waals surface area contributed by atoms with E-state index in [4.69, 9.17) is 0 Å². The third-order valence-electron chi connectivity index (χ3n) is 5.68. The van der Waals surface area contributed by atoms with Gasteiger partial charge in [-0.2, -0.15) is 0 Å². The smallest absolute Gasteiger partial charge is 0.323 e. The fourth-order valence-corrected chi connectivity index (χ4v) is 4.16. The summed E-state index contributed by atoms with van der Waals surface area (Å²) in [5, 5.41) is 3.03. The van der Waals surface area contributed by atoms with E-state index in [0.29, 0.717) is 6.67 Å². The van der Waals surface area contributed by atoms with Crippen LogP contribution in [-0.4, -0.2) is 47.5 Å². The second-order valence-electron chi connectivity index (χ2n) is 7.82. The molecule has 1 saturated heterocycles. The fraction of sp³-hybridized carbons (Fsp3) is 0.619. The zero-order valence-electron chi connectivity index (χ0n) is 15.9. The summed E-state index contributed by atoms with van der Waals surface area (Å²) in [7, 11) is 1.98. The Morgan fingerprint density at radius 3 is 2.38 bits per heavy atom. The normalized spacial score (nSPS) is 20.3. The number of nitrogens with one attached hydrogen (secondary N) is 1. The number of hydrogen-bond donors (Lipinski definition) is 1. The van der Waals surface area contributed by atoms with Crippen molar-refractivity contribution in [3.8, 4) is 0 Å². The van der Waals surface area contributed by atoms with Crippen molar-refractivity contribution in [3.05, 3.63) is 35.9 Å². The molecule has 1 aliphatic heterocycles. The summed E-state index contributed by atoms with van der Waals surface area (Å²) >= 11 is 0. The van der Waals surface area contributed by atoms with Crippen LogP contribution in [0.5, 0.6) is 0 Å². The minimum atomic E-state index is -0.637. The molecule has 1 N–H and O–H groups in total. The lowest BCUT2D eigenvalue weighted by molar-refractivity contribution is -0.133. The van der Waals surface area contributed by atoms with Crippen LogP contribution in [0.4, 0.5) is 4.79 Å². The molecule has 0 aromatic heterocycles. The van der Waals surface area contributed by atoms with Crippen LogP contribution in [0.2, 0.25) is 0 Å². The predicted octanol–water partition coefficient (Wildman–Crippen LogP) is 3.54. The van der Waals surface area contributed by atoms with E-state index in [2.05, 4.69) is 34.5 Å². The summed E-state index contributed by atoms with van der Waals surface area (Å²) in [6.45, 7) is 1.24. The highest BCUT2D eigenvalue weighted by Crippen LogP contribution is 2.32. The molecule has 142 valence electrons. The van der Waals surface area contributed by atoms with Gasteiger partial charge in [-0.3, -0.25) is 9.69 Å². The van der Waals surface area contributed by atoms with Crippen LogP contribution in [0.3, 0.4) is 0 Å². The van der Waals surface area contributed by atoms with Crippen molar-refractivity contribution in [3.63, 3.8) is 0 Å². The number of nitrogens with zero attached hydrogens (tertiary/aromatic N) is 2. The van der Waals surface area contributed by atoms with E-state index in [1.165, 1.54) is 16.9 Å². The van der Waals surface area contributed by atoms with Crippen molar-refractivity contribution in [2.75, 3.05) is 20.3 Å². The lowest BCUT2D eigenvalue weighted by Gasteiger charge is -2.29. The Morgan fingerprint density at radius 1 is 1.04 bits per heavy atom. The van der Waals surface area contributed by atoms with Gasteiger partial charge in [-0.15, -0.1) is 0 Å². The van der Waals surface area contributed by atoms with Crippen molar-refractivity contribution in [2.45, 2.75) is 63.3 Å². The largest absolute Gasteiger partial charge is 0.326 e. The fourth-order valence-electron chi connectivity index (χ4n) is 4.16. The molecule has 0 atom stereocenters. The first-order chi connectivity index (χ1) is 12.6. The average Bonchev–Trinajstić information content (AvgIpc) is 2.84. The van der Waals surface area contributed by atoms with Crippen molar-refractivity contribution in [1.82, 2.24) is 15.1 Å². The number of amides is 3. The maximum Gasteiger partial charge on any atom is 0.326 e. The number of carbonyl (C=O) groups excluding carboxylic acids is 2. The number of aryl methyl sites for hydroxylation is 1. The molecule has 3 amide bonds. The Kier molecular flexibility index (Phi) is 6.30. The van der Waals surface area contributed by atoms with Crippen molar-refractivity contribution >= 4 is 11.9 Å². The average molecular weight is 357 g/mol. The van der Waals surface area contributed by atoms with Crippen molar-refractivity contribution < 1.29 is 9.59 Å². The molecular weight excluding hydrogens is 326 g/mol. The highest BCUT2D eigenvalue weighted by atomic mass is 16.2. The highest BCUT2D eigenvalue weighted by molar-refractivity contribution is 6.07. The number of urea groups is 1. The van der Waals surface area contributed by atoms with Gasteiger partial charge in [0.2, 0.25) is 0 Å². The molecule has 0 bridgehead atoms. The molecule has 5 nitrogen and oxygen atoms in total. The Morgan fingerprint density at radius 2 is 1.69 bits per heavy atom. The van der Waals surface area contributed by atoms with E-state index in [0.717, 1.165) is 57.9 Å². The van der Waals surface area contributed by atoms with Gasteiger partial charge in [0, 0.05) is 0 Å². The van der Waals surface area contributed by atoms with E-state index in [1.54, 1.807) is 0 Å². The van der Waals surface area contributed by atoms with Gasteiger partial charge >= 0.3 is 6.03 Å².